The number of para-hydroxylation sites is 1. The smallest absolute Gasteiger partial charge is 0.341 e. The molecule has 0 bridgehead atoms. The lowest BCUT2D eigenvalue weighted by Crippen LogP contribution is -2.10. The van der Waals surface area contributed by atoms with E-state index in [1.54, 1.807) is 20.3 Å². The SMILES string of the molecule is COc1cccc(-c2cc(-c3cc(-c4ccccc4)ccc3OCC(=O)O)nn2CCc2ccccc2)c1OC. The molecule has 0 amide bonds. The van der Waals surface area contributed by atoms with Gasteiger partial charge in [-0.3, -0.25) is 4.68 Å². The van der Waals surface area contributed by atoms with Gasteiger partial charge in [0.15, 0.2) is 18.1 Å². The fraction of sp³-hybridized carbons (Fsp3) is 0.152. The standard InChI is InChI=1S/C33H30N2O5/c1-38-31-15-9-14-26(33(31)39-2)29-21-28(34-35(29)19-18-23-10-5-3-6-11-23)27-20-25(24-12-7-4-8-13-24)16-17-30(27)40-22-32(36)37/h3-17,20-21H,18-19,22H2,1-2H3,(H,36,37). The van der Waals surface area contributed by atoms with Crippen LogP contribution in [0.15, 0.2) is 103 Å². The first kappa shape index (κ1) is 26.6. The minimum atomic E-state index is -1.05. The number of hydrogen-bond donors (Lipinski definition) is 1. The molecule has 0 spiro atoms. The number of aliphatic carboxylic acids is 1. The van der Waals surface area contributed by atoms with Gasteiger partial charge in [-0.15, -0.1) is 0 Å². The van der Waals surface area contributed by atoms with Crippen molar-refractivity contribution < 1.29 is 24.1 Å². The zero-order valence-corrected chi connectivity index (χ0v) is 22.4. The Hall–Kier alpha value is -5.04. The van der Waals surface area contributed by atoms with Crippen molar-refractivity contribution in [2.45, 2.75) is 13.0 Å². The average Bonchev–Trinajstić information content (AvgIpc) is 3.43. The molecule has 0 aliphatic rings. The van der Waals surface area contributed by atoms with Crippen molar-refractivity contribution >= 4 is 5.97 Å². The highest BCUT2D eigenvalue weighted by Crippen LogP contribution is 2.41. The lowest BCUT2D eigenvalue weighted by Gasteiger charge is -2.14. The van der Waals surface area contributed by atoms with Crippen molar-refractivity contribution in [3.63, 3.8) is 0 Å². The molecule has 0 unspecified atom stereocenters. The summed E-state index contributed by atoms with van der Waals surface area (Å²) in [6.07, 6.45) is 0.771. The van der Waals surface area contributed by atoms with Crippen LogP contribution in [0, 0.1) is 0 Å². The van der Waals surface area contributed by atoms with E-state index in [1.165, 1.54) is 5.56 Å². The van der Waals surface area contributed by atoms with E-state index in [1.807, 2.05) is 89.6 Å². The summed E-state index contributed by atoms with van der Waals surface area (Å²) >= 11 is 0. The summed E-state index contributed by atoms with van der Waals surface area (Å²) < 4.78 is 19.0. The van der Waals surface area contributed by atoms with Crippen LogP contribution in [0.3, 0.4) is 0 Å². The molecule has 7 nitrogen and oxygen atoms in total. The summed E-state index contributed by atoms with van der Waals surface area (Å²) in [5.41, 5.74) is 6.23. The summed E-state index contributed by atoms with van der Waals surface area (Å²) in [6.45, 7) is 0.159. The molecule has 1 heterocycles. The van der Waals surface area contributed by atoms with Crippen LogP contribution >= 0.6 is 0 Å². The third-order valence-corrected chi connectivity index (χ3v) is 6.63. The minimum absolute atomic E-state index is 0.443. The van der Waals surface area contributed by atoms with Crippen LogP contribution in [0.4, 0.5) is 0 Å². The van der Waals surface area contributed by atoms with Crippen molar-refractivity contribution in [2.75, 3.05) is 20.8 Å². The number of ether oxygens (including phenoxy) is 3. The van der Waals surface area contributed by atoms with Gasteiger partial charge in [0.2, 0.25) is 0 Å². The molecule has 5 aromatic rings. The second kappa shape index (κ2) is 12.2. The minimum Gasteiger partial charge on any atom is -0.493 e. The Balaban J connectivity index is 1.65. The molecular weight excluding hydrogens is 504 g/mol. The van der Waals surface area contributed by atoms with Gasteiger partial charge in [-0.1, -0.05) is 72.8 Å². The second-order valence-corrected chi connectivity index (χ2v) is 9.17. The molecule has 5 rings (SSSR count). The van der Waals surface area contributed by atoms with E-state index in [9.17, 15) is 9.90 Å². The van der Waals surface area contributed by atoms with Crippen LogP contribution in [0.25, 0.3) is 33.6 Å². The highest BCUT2D eigenvalue weighted by molar-refractivity contribution is 5.80. The summed E-state index contributed by atoms with van der Waals surface area (Å²) in [5.74, 6) is 0.624. The van der Waals surface area contributed by atoms with Crippen LogP contribution in [-0.4, -0.2) is 41.7 Å². The molecule has 0 atom stereocenters. The van der Waals surface area contributed by atoms with Gasteiger partial charge in [-0.25, -0.2) is 4.79 Å². The van der Waals surface area contributed by atoms with E-state index in [0.717, 1.165) is 28.8 Å². The molecule has 0 saturated carbocycles. The fourth-order valence-corrected chi connectivity index (χ4v) is 4.71. The average molecular weight is 535 g/mol. The van der Waals surface area contributed by atoms with Gasteiger partial charge in [-0.2, -0.15) is 5.10 Å². The van der Waals surface area contributed by atoms with Crippen molar-refractivity contribution in [3.8, 4) is 50.9 Å². The van der Waals surface area contributed by atoms with Crippen LogP contribution < -0.4 is 14.2 Å². The first-order valence-corrected chi connectivity index (χ1v) is 12.9. The number of benzene rings is 4. The highest BCUT2D eigenvalue weighted by Gasteiger charge is 2.20. The molecule has 1 N–H and O–H groups in total. The predicted molar refractivity (Wildman–Crippen MR) is 155 cm³/mol. The number of rotatable bonds is 11. The first-order chi connectivity index (χ1) is 19.6. The molecule has 40 heavy (non-hydrogen) atoms. The van der Waals surface area contributed by atoms with Gasteiger partial charge in [0.05, 0.1) is 25.6 Å². The van der Waals surface area contributed by atoms with Crippen LogP contribution in [0.2, 0.25) is 0 Å². The molecule has 0 aliphatic carbocycles. The number of methoxy groups -OCH3 is 2. The number of carboxylic acids is 1. The fourth-order valence-electron chi connectivity index (χ4n) is 4.71. The van der Waals surface area contributed by atoms with Crippen LogP contribution in [0.1, 0.15) is 5.56 Å². The summed E-state index contributed by atoms with van der Waals surface area (Å²) in [5, 5.41) is 14.3. The molecule has 0 saturated heterocycles. The molecule has 1 aromatic heterocycles. The van der Waals surface area contributed by atoms with Crippen LogP contribution in [-0.2, 0) is 17.8 Å². The molecule has 0 fully saturated rings. The Morgan fingerprint density at radius 2 is 1.52 bits per heavy atom. The number of carboxylic acid groups (broad SMARTS) is 1. The summed E-state index contributed by atoms with van der Waals surface area (Å²) in [4.78, 5) is 11.3. The Kier molecular flexibility index (Phi) is 8.11. The molecular formula is C33H30N2O5. The molecule has 4 aromatic carbocycles. The molecule has 202 valence electrons. The second-order valence-electron chi connectivity index (χ2n) is 9.17. The maximum Gasteiger partial charge on any atom is 0.341 e. The van der Waals surface area contributed by atoms with E-state index in [-0.39, 0.29) is 0 Å². The van der Waals surface area contributed by atoms with E-state index in [4.69, 9.17) is 19.3 Å². The van der Waals surface area contributed by atoms with E-state index >= 15 is 0 Å². The van der Waals surface area contributed by atoms with Gasteiger partial charge in [0, 0.05) is 17.7 Å². The Morgan fingerprint density at radius 3 is 2.23 bits per heavy atom. The van der Waals surface area contributed by atoms with Crippen molar-refractivity contribution in [3.05, 3.63) is 109 Å². The van der Waals surface area contributed by atoms with Gasteiger partial charge in [0.25, 0.3) is 0 Å². The zero-order chi connectivity index (χ0) is 27.9. The largest absolute Gasteiger partial charge is 0.493 e. The molecule has 0 aliphatic heterocycles. The lowest BCUT2D eigenvalue weighted by atomic mass is 10.0. The maximum atomic E-state index is 11.3. The Morgan fingerprint density at radius 1 is 0.775 bits per heavy atom. The monoisotopic (exact) mass is 534 g/mol. The summed E-state index contributed by atoms with van der Waals surface area (Å²) in [7, 11) is 3.23. The normalized spacial score (nSPS) is 10.8. The van der Waals surface area contributed by atoms with Gasteiger partial charge in [-0.05, 0) is 53.4 Å². The Labute approximate surface area is 233 Å². The number of aryl methyl sites for hydroxylation is 2. The van der Waals surface area contributed by atoms with Gasteiger partial charge in [0.1, 0.15) is 5.75 Å². The number of hydrogen-bond acceptors (Lipinski definition) is 5. The first-order valence-electron chi connectivity index (χ1n) is 12.9. The highest BCUT2D eigenvalue weighted by atomic mass is 16.5. The van der Waals surface area contributed by atoms with Crippen LogP contribution in [0.5, 0.6) is 17.2 Å². The number of aromatic nitrogens is 2. The summed E-state index contributed by atoms with van der Waals surface area (Å²) in [6, 6.07) is 33.7. The maximum absolute atomic E-state index is 11.3. The number of carbonyl (C=O) groups is 1. The molecule has 0 radical (unpaired) electrons. The third-order valence-electron chi connectivity index (χ3n) is 6.63. The quantitative estimate of drug-likeness (QED) is 0.205. The van der Waals surface area contributed by atoms with Crippen molar-refractivity contribution in [1.82, 2.24) is 9.78 Å². The third kappa shape index (κ3) is 5.83. The topological polar surface area (TPSA) is 82.8 Å². The number of nitrogens with zero attached hydrogens (tertiary/aromatic N) is 2. The van der Waals surface area contributed by atoms with E-state index < -0.39 is 12.6 Å². The Bertz CT molecular complexity index is 1600. The van der Waals surface area contributed by atoms with Crippen molar-refractivity contribution in [1.29, 1.82) is 0 Å². The predicted octanol–water partition coefficient (Wildman–Crippen LogP) is 6.61. The van der Waals surface area contributed by atoms with Crippen molar-refractivity contribution in [2.24, 2.45) is 0 Å². The van der Waals surface area contributed by atoms with Gasteiger partial charge >= 0.3 is 5.97 Å². The van der Waals surface area contributed by atoms with E-state index in [2.05, 4.69) is 12.1 Å². The van der Waals surface area contributed by atoms with Gasteiger partial charge < -0.3 is 19.3 Å². The molecule has 7 heteroatoms. The lowest BCUT2D eigenvalue weighted by molar-refractivity contribution is -0.139. The zero-order valence-electron chi connectivity index (χ0n) is 22.4. The van der Waals surface area contributed by atoms with E-state index in [0.29, 0.717) is 35.1 Å².